The van der Waals surface area contributed by atoms with E-state index in [4.69, 9.17) is 4.74 Å². The van der Waals surface area contributed by atoms with Crippen molar-refractivity contribution in [2.75, 3.05) is 0 Å². The van der Waals surface area contributed by atoms with Gasteiger partial charge >= 0.3 is 0 Å². The summed E-state index contributed by atoms with van der Waals surface area (Å²) >= 11 is 0. The van der Waals surface area contributed by atoms with Crippen molar-refractivity contribution in [2.24, 2.45) is 0 Å². The summed E-state index contributed by atoms with van der Waals surface area (Å²) in [5, 5.41) is 10.5. The summed E-state index contributed by atoms with van der Waals surface area (Å²) in [5.41, 5.74) is 0.727. The second kappa shape index (κ2) is 4.83. The topological polar surface area (TPSA) is 52.4 Å². The molecular formula is C13H10FNO3. The third kappa shape index (κ3) is 2.82. The normalized spacial score (nSPS) is 10.1. The van der Waals surface area contributed by atoms with Gasteiger partial charge < -0.3 is 4.74 Å². The predicted octanol–water partition coefficient (Wildman–Crippen LogP) is 3.83. The van der Waals surface area contributed by atoms with Crippen LogP contribution in [0.25, 0.3) is 0 Å². The molecule has 0 saturated heterocycles. The lowest BCUT2D eigenvalue weighted by molar-refractivity contribution is -0.384. The molecule has 0 fully saturated rings. The Kier molecular flexibility index (Phi) is 3.23. The molecule has 0 aliphatic carbocycles. The molecule has 2 aromatic carbocycles. The Bertz CT molecular complexity index is 561. The van der Waals surface area contributed by atoms with Crippen molar-refractivity contribution in [2.45, 2.75) is 6.92 Å². The summed E-state index contributed by atoms with van der Waals surface area (Å²) in [6.45, 7) is 1.76. The molecule has 18 heavy (non-hydrogen) atoms. The maximum absolute atomic E-state index is 13.1. The SMILES string of the molecule is Cc1cc(F)cc(Oc2ccc([N+](=O)[O-])cc2)c1. The summed E-state index contributed by atoms with van der Waals surface area (Å²) in [7, 11) is 0. The number of non-ortho nitro benzene ring substituents is 1. The maximum Gasteiger partial charge on any atom is 0.269 e. The number of nitro groups is 1. The van der Waals surface area contributed by atoms with Gasteiger partial charge in [0.15, 0.2) is 0 Å². The molecule has 0 heterocycles. The molecule has 0 N–H and O–H groups in total. The van der Waals surface area contributed by atoms with Crippen molar-refractivity contribution in [1.29, 1.82) is 0 Å². The van der Waals surface area contributed by atoms with Gasteiger partial charge in [-0.15, -0.1) is 0 Å². The van der Waals surface area contributed by atoms with E-state index in [1.54, 1.807) is 13.0 Å². The first-order valence-corrected chi connectivity index (χ1v) is 5.24. The molecule has 92 valence electrons. The van der Waals surface area contributed by atoms with Crippen molar-refractivity contribution in [3.8, 4) is 11.5 Å². The standard InChI is InChI=1S/C13H10FNO3/c1-9-6-10(14)8-13(7-9)18-12-4-2-11(3-5-12)15(16)17/h2-8H,1H3. The van der Waals surface area contributed by atoms with Crippen LogP contribution in [0.3, 0.4) is 0 Å². The number of ether oxygens (including phenoxy) is 1. The minimum Gasteiger partial charge on any atom is -0.457 e. The Morgan fingerprint density at radius 3 is 2.33 bits per heavy atom. The van der Waals surface area contributed by atoms with Crippen molar-refractivity contribution in [1.82, 2.24) is 0 Å². The van der Waals surface area contributed by atoms with E-state index in [9.17, 15) is 14.5 Å². The average Bonchev–Trinajstić information content (AvgIpc) is 2.28. The summed E-state index contributed by atoms with van der Waals surface area (Å²) in [5.74, 6) is 0.402. The second-order valence-corrected chi connectivity index (χ2v) is 3.82. The van der Waals surface area contributed by atoms with Gasteiger partial charge in [-0.2, -0.15) is 0 Å². The van der Waals surface area contributed by atoms with Crippen LogP contribution in [0, 0.1) is 22.9 Å². The van der Waals surface area contributed by atoms with Gasteiger partial charge in [-0.25, -0.2) is 4.39 Å². The number of aryl methyl sites for hydroxylation is 1. The molecule has 0 radical (unpaired) electrons. The van der Waals surface area contributed by atoms with E-state index in [1.807, 2.05) is 0 Å². The van der Waals surface area contributed by atoms with E-state index in [0.717, 1.165) is 5.56 Å². The smallest absolute Gasteiger partial charge is 0.269 e. The zero-order chi connectivity index (χ0) is 13.1. The second-order valence-electron chi connectivity index (χ2n) is 3.82. The first-order chi connectivity index (χ1) is 8.54. The van der Waals surface area contributed by atoms with Crippen molar-refractivity contribution in [3.05, 3.63) is 64.0 Å². The van der Waals surface area contributed by atoms with E-state index >= 15 is 0 Å². The fraction of sp³-hybridized carbons (Fsp3) is 0.0769. The first-order valence-electron chi connectivity index (χ1n) is 5.24. The van der Waals surface area contributed by atoms with Crippen LogP contribution in [0.4, 0.5) is 10.1 Å². The van der Waals surface area contributed by atoms with Gasteiger partial charge in [-0.3, -0.25) is 10.1 Å². The molecular weight excluding hydrogens is 237 g/mol. The first kappa shape index (κ1) is 12.0. The number of nitro benzene ring substituents is 1. The Hall–Kier alpha value is -2.43. The quantitative estimate of drug-likeness (QED) is 0.611. The van der Waals surface area contributed by atoms with Crippen LogP contribution in [-0.4, -0.2) is 4.92 Å². The molecule has 0 bridgehead atoms. The van der Waals surface area contributed by atoms with E-state index in [2.05, 4.69) is 0 Å². The zero-order valence-electron chi connectivity index (χ0n) is 9.59. The van der Waals surface area contributed by atoms with Crippen LogP contribution in [0.15, 0.2) is 42.5 Å². The van der Waals surface area contributed by atoms with Gasteiger partial charge in [0.2, 0.25) is 0 Å². The number of rotatable bonds is 3. The molecule has 2 rings (SSSR count). The number of halogens is 1. The Morgan fingerprint density at radius 2 is 1.78 bits per heavy atom. The number of hydrogen-bond acceptors (Lipinski definition) is 3. The highest BCUT2D eigenvalue weighted by Crippen LogP contribution is 2.25. The summed E-state index contributed by atoms with van der Waals surface area (Å²) in [6, 6.07) is 9.95. The molecule has 0 amide bonds. The minimum absolute atomic E-state index is 0.0160. The molecule has 0 unspecified atom stereocenters. The molecule has 5 heteroatoms. The molecule has 4 nitrogen and oxygen atoms in total. The summed E-state index contributed by atoms with van der Waals surface area (Å²) in [4.78, 5) is 9.99. The number of nitrogens with zero attached hydrogens (tertiary/aromatic N) is 1. The van der Waals surface area contributed by atoms with Crippen LogP contribution < -0.4 is 4.74 Å². The molecule has 0 saturated carbocycles. The Labute approximate surface area is 103 Å². The van der Waals surface area contributed by atoms with Gasteiger partial charge in [0.25, 0.3) is 5.69 Å². The number of hydrogen-bond donors (Lipinski definition) is 0. The molecule has 0 aromatic heterocycles. The summed E-state index contributed by atoms with van der Waals surface area (Å²) < 4.78 is 18.5. The van der Waals surface area contributed by atoms with Crippen molar-refractivity contribution < 1.29 is 14.1 Å². The van der Waals surface area contributed by atoms with Crippen LogP contribution in [0.5, 0.6) is 11.5 Å². The van der Waals surface area contributed by atoms with Crippen LogP contribution in [-0.2, 0) is 0 Å². The lowest BCUT2D eigenvalue weighted by atomic mass is 10.2. The average molecular weight is 247 g/mol. The molecule has 2 aromatic rings. The Morgan fingerprint density at radius 1 is 1.11 bits per heavy atom. The van der Waals surface area contributed by atoms with E-state index in [1.165, 1.54) is 36.4 Å². The lowest BCUT2D eigenvalue weighted by Crippen LogP contribution is -1.89. The monoisotopic (exact) mass is 247 g/mol. The van der Waals surface area contributed by atoms with Gasteiger partial charge in [0, 0.05) is 18.2 Å². The van der Waals surface area contributed by atoms with E-state index < -0.39 is 4.92 Å². The molecule has 0 atom stereocenters. The fourth-order valence-corrected chi connectivity index (χ4v) is 1.53. The van der Waals surface area contributed by atoms with Gasteiger partial charge in [0.1, 0.15) is 17.3 Å². The van der Waals surface area contributed by atoms with Crippen LogP contribution in [0.1, 0.15) is 5.56 Å². The van der Waals surface area contributed by atoms with Crippen molar-refractivity contribution >= 4 is 5.69 Å². The highest BCUT2D eigenvalue weighted by molar-refractivity contribution is 5.39. The predicted molar refractivity (Wildman–Crippen MR) is 64.3 cm³/mol. The third-order valence-corrected chi connectivity index (χ3v) is 2.30. The fourth-order valence-electron chi connectivity index (χ4n) is 1.53. The molecule has 0 spiro atoms. The third-order valence-electron chi connectivity index (χ3n) is 2.30. The van der Waals surface area contributed by atoms with Crippen LogP contribution >= 0.6 is 0 Å². The Balaban J connectivity index is 2.20. The number of benzene rings is 2. The van der Waals surface area contributed by atoms with Gasteiger partial charge in [-0.1, -0.05) is 0 Å². The lowest BCUT2D eigenvalue weighted by Gasteiger charge is -2.06. The van der Waals surface area contributed by atoms with Crippen molar-refractivity contribution in [3.63, 3.8) is 0 Å². The van der Waals surface area contributed by atoms with Gasteiger partial charge in [-0.05, 0) is 36.8 Å². The largest absolute Gasteiger partial charge is 0.457 e. The maximum atomic E-state index is 13.1. The molecule has 0 aliphatic heterocycles. The van der Waals surface area contributed by atoms with Crippen LogP contribution in [0.2, 0.25) is 0 Å². The highest BCUT2D eigenvalue weighted by atomic mass is 19.1. The van der Waals surface area contributed by atoms with Gasteiger partial charge in [0.05, 0.1) is 4.92 Å². The van der Waals surface area contributed by atoms with E-state index in [0.29, 0.717) is 11.5 Å². The van der Waals surface area contributed by atoms with E-state index in [-0.39, 0.29) is 11.5 Å². The molecule has 0 aliphatic rings. The highest BCUT2D eigenvalue weighted by Gasteiger charge is 2.05. The minimum atomic E-state index is -0.490. The summed E-state index contributed by atoms with van der Waals surface area (Å²) in [6.07, 6.45) is 0. The zero-order valence-corrected chi connectivity index (χ0v) is 9.59.